The molecule has 1 aromatic heterocycles. The summed E-state index contributed by atoms with van der Waals surface area (Å²) in [7, 11) is 3.91. The Bertz CT molecular complexity index is 507. The van der Waals surface area contributed by atoms with E-state index in [0.29, 0.717) is 0 Å². The predicted octanol–water partition coefficient (Wildman–Crippen LogP) is 1.93. The summed E-state index contributed by atoms with van der Waals surface area (Å²) < 4.78 is 15.1. The first-order valence-corrected chi connectivity index (χ1v) is 6.07. The van der Waals surface area contributed by atoms with Crippen LogP contribution in [0.5, 0.6) is 0 Å². The highest BCUT2D eigenvalue weighted by molar-refractivity contribution is 5.17. The largest absolute Gasteiger partial charge is 0.338 e. The van der Waals surface area contributed by atoms with Gasteiger partial charge >= 0.3 is 0 Å². The molecule has 1 unspecified atom stereocenters. The van der Waals surface area contributed by atoms with Crippen molar-refractivity contribution in [2.24, 2.45) is 7.05 Å². The van der Waals surface area contributed by atoms with Crippen LogP contribution in [-0.4, -0.2) is 22.6 Å². The molecule has 1 aromatic carbocycles. The summed E-state index contributed by atoms with van der Waals surface area (Å²) >= 11 is 0. The maximum atomic E-state index is 13.1. The standard InChI is InChI=1S/C14H18FN3/c1-16-13(10-14-17-6-7-18(14)2)9-11-4-3-5-12(15)8-11/h3-8,13,16H,9-10H2,1-2H3. The van der Waals surface area contributed by atoms with E-state index in [1.165, 1.54) is 6.07 Å². The van der Waals surface area contributed by atoms with Crippen molar-refractivity contribution in [3.8, 4) is 0 Å². The van der Waals surface area contributed by atoms with Gasteiger partial charge in [0, 0.05) is 31.9 Å². The first-order chi connectivity index (χ1) is 8.69. The van der Waals surface area contributed by atoms with Gasteiger partial charge in [0.2, 0.25) is 0 Å². The van der Waals surface area contributed by atoms with Gasteiger partial charge < -0.3 is 9.88 Å². The Hall–Kier alpha value is -1.68. The third-order valence-corrected chi connectivity index (χ3v) is 3.13. The molecule has 0 radical (unpaired) electrons. The van der Waals surface area contributed by atoms with Crippen LogP contribution in [0, 0.1) is 5.82 Å². The molecule has 0 bridgehead atoms. The molecule has 1 N–H and O–H groups in total. The smallest absolute Gasteiger partial charge is 0.123 e. The van der Waals surface area contributed by atoms with Gasteiger partial charge in [0.15, 0.2) is 0 Å². The van der Waals surface area contributed by atoms with Crippen molar-refractivity contribution in [1.82, 2.24) is 14.9 Å². The van der Waals surface area contributed by atoms with Gasteiger partial charge in [-0.05, 0) is 31.2 Å². The number of hydrogen-bond donors (Lipinski definition) is 1. The number of nitrogens with one attached hydrogen (secondary N) is 1. The first-order valence-electron chi connectivity index (χ1n) is 6.07. The van der Waals surface area contributed by atoms with Crippen molar-refractivity contribution >= 4 is 0 Å². The lowest BCUT2D eigenvalue weighted by Crippen LogP contribution is -2.31. The molecule has 1 heterocycles. The van der Waals surface area contributed by atoms with Crippen LogP contribution in [0.4, 0.5) is 4.39 Å². The maximum absolute atomic E-state index is 13.1. The molecule has 0 aliphatic heterocycles. The van der Waals surface area contributed by atoms with Crippen LogP contribution < -0.4 is 5.32 Å². The molecule has 0 amide bonds. The van der Waals surface area contributed by atoms with Gasteiger partial charge in [0.1, 0.15) is 11.6 Å². The Morgan fingerprint density at radius 3 is 2.83 bits per heavy atom. The lowest BCUT2D eigenvalue weighted by atomic mass is 10.0. The second kappa shape index (κ2) is 5.78. The van der Waals surface area contributed by atoms with Crippen LogP contribution in [0.25, 0.3) is 0 Å². The molecule has 0 aliphatic carbocycles. The summed E-state index contributed by atoms with van der Waals surface area (Å²) in [5.74, 6) is 0.852. The molecule has 4 heteroatoms. The van der Waals surface area contributed by atoms with Crippen LogP contribution in [0.3, 0.4) is 0 Å². The summed E-state index contributed by atoms with van der Waals surface area (Å²) in [5, 5.41) is 3.26. The normalized spacial score (nSPS) is 12.6. The van der Waals surface area contributed by atoms with E-state index in [4.69, 9.17) is 0 Å². The minimum absolute atomic E-state index is 0.181. The SMILES string of the molecule is CNC(Cc1cccc(F)c1)Cc1nccn1C. The fraction of sp³-hybridized carbons (Fsp3) is 0.357. The maximum Gasteiger partial charge on any atom is 0.123 e. The fourth-order valence-corrected chi connectivity index (χ4v) is 2.04. The number of aromatic nitrogens is 2. The minimum Gasteiger partial charge on any atom is -0.338 e. The number of halogens is 1. The Morgan fingerprint density at radius 2 is 2.22 bits per heavy atom. The lowest BCUT2D eigenvalue weighted by Gasteiger charge is -2.16. The molecular weight excluding hydrogens is 229 g/mol. The summed E-state index contributed by atoms with van der Waals surface area (Å²) in [6.07, 6.45) is 5.35. The van der Waals surface area contributed by atoms with Gasteiger partial charge in [-0.25, -0.2) is 9.37 Å². The van der Waals surface area contributed by atoms with Crippen molar-refractivity contribution in [2.45, 2.75) is 18.9 Å². The number of nitrogens with zero attached hydrogens (tertiary/aromatic N) is 2. The molecule has 2 aromatic rings. The zero-order valence-corrected chi connectivity index (χ0v) is 10.7. The van der Waals surface area contributed by atoms with E-state index < -0.39 is 0 Å². The van der Waals surface area contributed by atoms with E-state index >= 15 is 0 Å². The van der Waals surface area contributed by atoms with Crippen LogP contribution in [0.1, 0.15) is 11.4 Å². The van der Waals surface area contributed by atoms with Gasteiger partial charge in [0.05, 0.1) is 0 Å². The van der Waals surface area contributed by atoms with Gasteiger partial charge in [-0.1, -0.05) is 12.1 Å². The molecule has 0 saturated heterocycles. The highest BCUT2D eigenvalue weighted by Gasteiger charge is 2.11. The van der Waals surface area contributed by atoms with Crippen LogP contribution >= 0.6 is 0 Å². The zero-order valence-electron chi connectivity index (χ0n) is 10.7. The minimum atomic E-state index is -0.181. The summed E-state index contributed by atoms with van der Waals surface area (Å²) in [5.41, 5.74) is 1.00. The number of likely N-dealkylation sites (N-methyl/N-ethyl adjacent to an activating group) is 1. The van der Waals surface area contributed by atoms with E-state index in [0.717, 1.165) is 24.2 Å². The second-order valence-electron chi connectivity index (χ2n) is 4.48. The van der Waals surface area contributed by atoms with Crippen LogP contribution in [-0.2, 0) is 19.9 Å². The molecule has 0 spiro atoms. The molecule has 0 aliphatic rings. The number of aryl methyl sites for hydroxylation is 1. The van der Waals surface area contributed by atoms with Crippen molar-refractivity contribution in [2.75, 3.05) is 7.05 Å². The first kappa shape index (κ1) is 12.8. The molecular formula is C14H18FN3. The summed E-state index contributed by atoms with van der Waals surface area (Å²) in [6, 6.07) is 7.01. The highest BCUT2D eigenvalue weighted by atomic mass is 19.1. The van der Waals surface area contributed by atoms with E-state index in [-0.39, 0.29) is 11.9 Å². The van der Waals surface area contributed by atoms with E-state index in [9.17, 15) is 4.39 Å². The molecule has 2 rings (SSSR count). The highest BCUT2D eigenvalue weighted by Crippen LogP contribution is 2.09. The third kappa shape index (κ3) is 3.17. The molecule has 96 valence electrons. The Balaban J connectivity index is 2.04. The molecule has 0 saturated carbocycles. The van der Waals surface area contributed by atoms with Crippen molar-refractivity contribution in [3.63, 3.8) is 0 Å². The van der Waals surface area contributed by atoms with Crippen molar-refractivity contribution < 1.29 is 4.39 Å². The molecule has 3 nitrogen and oxygen atoms in total. The van der Waals surface area contributed by atoms with E-state index in [1.807, 2.05) is 30.9 Å². The van der Waals surface area contributed by atoms with Crippen molar-refractivity contribution in [3.05, 3.63) is 53.9 Å². The Labute approximate surface area is 107 Å². The Kier molecular flexibility index (Phi) is 4.10. The molecule has 18 heavy (non-hydrogen) atoms. The average molecular weight is 247 g/mol. The topological polar surface area (TPSA) is 29.9 Å². The predicted molar refractivity (Wildman–Crippen MR) is 69.9 cm³/mol. The van der Waals surface area contributed by atoms with Gasteiger partial charge in [-0.15, -0.1) is 0 Å². The third-order valence-electron chi connectivity index (χ3n) is 3.13. The van der Waals surface area contributed by atoms with E-state index in [1.54, 1.807) is 18.3 Å². The fourth-order valence-electron chi connectivity index (χ4n) is 2.04. The summed E-state index contributed by atoms with van der Waals surface area (Å²) in [6.45, 7) is 0. The lowest BCUT2D eigenvalue weighted by molar-refractivity contribution is 0.532. The van der Waals surface area contributed by atoms with Gasteiger partial charge in [-0.2, -0.15) is 0 Å². The Morgan fingerprint density at radius 1 is 1.39 bits per heavy atom. The quantitative estimate of drug-likeness (QED) is 0.875. The molecule has 0 fully saturated rings. The van der Waals surface area contributed by atoms with Crippen LogP contribution in [0.15, 0.2) is 36.7 Å². The monoisotopic (exact) mass is 247 g/mol. The van der Waals surface area contributed by atoms with E-state index in [2.05, 4.69) is 10.3 Å². The van der Waals surface area contributed by atoms with Crippen LogP contribution in [0.2, 0.25) is 0 Å². The van der Waals surface area contributed by atoms with Gasteiger partial charge in [-0.3, -0.25) is 0 Å². The number of benzene rings is 1. The second-order valence-corrected chi connectivity index (χ2v) is 4.48. The van der Waals surface area contributed by atoms with Crippen molar-refractivity contribution in [1.29, 1.82) is 0 Å². The average Bonchev–Trinajstić information content (AvgIpc) is 2.74. The van der Waals surface area contributed by atoms with Gasteiger partial charge in [0.25, 0.3) is 0 Å². The number of hydrogen-bond acceptors (Lipinski definition) is 2. The summed E-state index contributed by atoms with van der Waals surface area (Å²) in [4.78, 5) is 4.31. The zero-order chi connectivity index (χ0) is 13.0. The number of rotatable bonds is 5. The molecule has 1 atom stereocenters. The number of imidazole rings is 1.